The van der Waals surface area contributed by atoms with Gasteiger partial charge in [0, 0.05) is 17.5 Å². The number of hydrogen-bond donors (Lipinski definition) is 1. The van der Waals surface area contributed by atoms with E-state index in [4.69, 9.17) is 10.5 Å². The van der Waals surface area contributed by atoms with Crippen LogP contribution in [0.5, 0.6) is 5.75 Å². The molecule has 1 unspecified atom stereocenters. The second-order valence-electron chi connectivity index (χ2n) is 5.23. The molecular weight excluding hydrogens is 229 g/mol. The summed E-state index contributed by atoms with van der Waals surface area (Å²) in [7, 11) is 1.64. The van der Waals surface area contributed by atoms with Crippen molar-refractivity contribution in [3.63, 3.8) is 0 Å². The van der Waals surface area contributed by atoms with Crippen molar-refractivity contribution in [2.45, 2.75) is 44.2 Å². The lowest BCUT2D eigenvalue weighted by atomic mass is 9.75. The first-order chi connectivity index (χ1) is 8.64. The number of alkyl halides is 1. The molecule has 1 saturated carbocycles. The molecule has 1 aromatic rings. The van der Waals surface area contributed by atoms with E-state index < -0.39 is 6.17 Å². The molecule has 1 atom stereocenters. The summed E-state index contributed by atoms with van der Waals surface area (Å²) in [6, 6.07) is 5.63. The highest BCUT2D eigenvalue weighted by Gasteiger charge is 2.39. The van der Waals surface area contributed by atoms with E-state index >= 15 is 0 Å². The van der Waals surface area contributed by atoms with Crippen molar-refractivity contribution in [2.75, 3.05) is 13.7 Å². The van der Waals surface area contributed by atoms with Crippen LogP contribution in [0, 0.1) is 0 Å². The summed E-state index contributed by atoms with van der Waals surface area (Å²) in [6.07, 6.45) is 3.40. The van der Waals surface area contributed by atoms with Crippen molar-refractivity contribution >= 4 is 0 Å². The van der Waals surface area contributed by atoms with Gasteiger partial charge < -0.3 is 10.5 Å². The molecule has 0 bridgehead atoms. The summed E-state index contributed by atoms with van der Waals surface area (Å²) < 4.78 is 19.3. The molecule has 0 heterocycles. The SMILES string of the molecule is COc1cccc(C(C)F)c1C1(CN)CCCC1. The van der Waals surface area contributed by atoms with Gasteiger partial charge in [-0.25, -0.2) is 4.39 Å². The zero-order valence-electron chi connectivity index (χ0n) is 11.2. The van der Waals surface area contributed by atoms with Crippen LogP contribution in [0.1, 0.15) is 49.9 Å². The normalized spacial score (nSPS) is 19.8. The second kappa shape index (κ2) is 5.27. The lowest BCUT2D eigenvalue weighted by Gasteiger charge is -2.32. The van der Waals surface area contributed by atoms with Gasteiger partial charge in [-0.05, 0) is 31.4 Å². The highest BCUT2D eigenvalue weighted by atomic mass is 19.1. The second-order valence-corrected chi connectivity index (χ2v) is 5.23. The average Bonchev–Trinajstić information content (AvgIpc) is 2.87. The molecule has 2 rings (SSSR count). The number of rotatable bonds is 4. The van der Waals surface area contributed by atoms with E-state index in [1.54, 1.807) is 14.0 Å². The van der Waals surface area contributed by atoms with Crippen LogP contribution in [0.4, 0.5) is 4.39 Å². The monoisotopic (exact) mass is 251 g/mol. The minimum Gasteiger partial charge on any atom is -0.496 e. The Hall–Kier alpha value is -1.09. The Balaban J connectivity index is 2.59. The van der Waals surface area contributed by atoms with Gasteiger partial charge in [-0.2, -0.15) is 0 Å². The molecular formula is C15H22FNO. The maximum atomic E-state index is 13.9. The standard InChI is InChI=1S/C15H22FNO/c1-11(16)12-6-5-7-13(18-2)14(12)15(10-17)8-3-4-9-15/h5-7,11H,3-4,8-10,17H2,1-2H3. The van der Waals surface area contributed by atoms with Gasteiger partial charge in [0.15, 0.2) is 0 Å². The highest BCUT2D eigenvalue weighted by Crippen LogP contribution is 2.47. The van der Waals surface area contributed by atoms with Crippen LogP contribution >= 0.6 is 0 Å². The van der Waals surface area contributed by atoms with Gasteiger partial charge in [0.05, 0.1) is 7.11 Å². The molecule has 3 heteroatoms. The van der Waals surface area contributed by atoms with Crippen LogP contribution in [-0.4, -0.2) is 13.7 Å². The molecule has 0 saturated heterocycles. The quantitative estimate of drug-likeness (QED) is 0.889. The van der Waals surface area contributed by atoms with Crippen LogP contribution < -0.4 is 10.5 Å². The van der Waals surface area contributed by atoms with Crippen LogP contribution in [0.15, 0.2) is 18.2 Å². The van der Waals surface area contributed by atoms with Crippen molar-refractivity contribution in [3.05, 3.63) is 29.3 Å². The molecule has 0 radical (unpaired) electrons. The van der Waals surface area contributed by atoms with Crippen molar-refractivity contribution in [2.24, 2.45) is 5.73 Å². The maximum absolute atomic E-state index is 13.9. The predicted molar refractivity (Wildman–Crippen MR) is 71.7 cm³/mol. The molecule has 2 N–H and O–H groups in total. The molecule has 100 valence electrons. The topological polar surface area (TPSA) is 35.2 Å². The van der Waals surface area contributed by atoms with Crippen molar-refractivity contribution in [1.82, 2.24) is 0 Å². The van der Waals surface area contributed by atoms with E-state index in [-0.39, 0.29) is 5.41 Å². The summed E-state index contributed by atoms with van der Waals surface area (Å²) in [5, 5.41) is 0. The molecule has 1 aromatic carbocycles. The fraction of sp³-hybridized carbons (Fsp3) is 0.600. The molecule has 0 amide bonds. The van der Waals surface area contributed by atoms with E-state index in [0.717, 1.165) is 42.6 Å². The summed E-state index contributed by atoms with van der Waals surface area (Å²) in [5.74, 6) is 0.782. The van der Waals surface area contributed by atoms with Gasteiger partial charge in [-0.3, -0.25) is 0 Å². The third-order valence-corrected chi connectivity index (χ3v) is 4.19. The number of benzene rings is 1. The van der Waals surface area contributed by atoms with Gasteiger partial charge in [-0.1, -0.05) is 25.0 Å². The van der Waals surface area contributed by atoms with Crippen LogP contribution in [0.25, 0.3) is 0 Å². The molecule has 0 aliphatic heterocycles. The number of nitrogens with two attached hydrogens (primary N) is 1. The molecule has 1 aliphatic rings. The minimum absolute atomic E-state index is 0.0950. The van der Waals surface area contributed by atoms with E-state index in [2.05, 4.69) is 0 Å². The van der Waals surface area contributed by atoms with Gasteiger partial charge in [-0.15, -0.1) is 0 Å². The summed E-state index contributed by atoms with van der Waals surface area (Å²) in [4.78, 5) is 0. The van der Waals surface area contributed by atoms with Crippen molar-refractivity contribution in [3.8, 4) is 5.75 Å². The summed E-state index contributed by atoms with van der Waals surface area (Å²) in [6.45, 7) is 2.14. The van der Waals surface area contributed by atoms with Gasteiger partial charge in [0.1, 0.15) is 11.9 Å². The molecule has 1 aliphatic carbocycles. The third-order valence-electron chi connectivity index (χ3n) is 4.19. The minimum atomic E-state index is -0.987. The Kier molecular flexibility index (Phi) is 3.91. The van der Waals surface area contributed by atoms with E-state index in [1.807, 2.05) is 18.2 Å². The molecule has 1 fully saturated rings. The Labute approximate surface area is 108 Å². The predicted octanol–water partition coefficient (Wildman–Crippen LogP) is 3.50. The van der Waals surface area contributed by atoms with E-state index in [1.165, 1.54) is 0 Å². The number of ether oxygens (including phenoxy) is 1. The lowest BCUT2D eigenvalue weighted by molar-refractivity contribution is 0.342. The largest absolute Gasteiger partial charge is 0.496 e. The Morgan fingerprint density at radius 2 is 2.06 bits per heavy atom. The lowest BCUT2D eigenvalue weighted by Crippen LogP contribution is -2.33. The fourth-order valence-corrected chi connectivity index (χ4v) is 3.23. The summed E-state index contributed by atoms with van der Waals surface area (Å²) in [5.41, 5.74) is 7.66. The summed E-state index contributed by atoms with van der Waals surface area (Å²) >= 11 is 0. The maximum Gasteiger partial charge on any atom is 0.123 e. The number of methoxy groups -OCH3 is 1. The Morgan fingerprint density at radius 1 is 1.39 bits per heavy atom. The third kappa shape index (κ3) is 2.12. The van der Waals surface area contributed by atoms with Gasteiger partial charge in [0.25, 0.3) is 0 Å². The molecule has 18 heavy (non-hydrogen) atoms. The fourth-order valence-electron chi connectivity index (χ4n) is 3.23. The van der Waals surface area contributed by atoms with Gasteiger partial charge in [0.2, 0.25) is 0 Å². The highest BCUT2D eigenvalue weighted by molar-refractivity contribution is 5.47. The first kappa shape index (κ1) is 13.3. The van der Waals surface area contributed by atoms with Gasteiger partial charge >= 0.3 is 0 Å². The Morgan fingerprint density at radius 3 is 2.56 bits per heavy atom. The van der Waals surface area contributed by atoms with E-state index in [0.29, 0.717) is 6.54 Å². The average molecular weight is 251 g/mol. The molecule has 0 aromatic heterocycles. The first-order valence-corrected chi connectivity index (χ1v) is 6.66. The van der Waals surface area contributed by atoms with E-state index in [9.17, 15) is 4.39 Å². The zero-order valence-corrected chi connectivity index (χ0v) is 11.2. The Bertz CT molecular complexity index is 411. The first-order valence-electron chi connectivity index (χ1n) is 6.66. The smallest absolute Gasteiger partial charge is 0.123 e. The number of halogens is 1. The molecule has 2 nitrogen and oxygen atoms in total. The number of hydrogen-bond acceptors (Lipinski definition) is 2. The van der Waals surface area contributed by atoms with Crippen LogP contribution in [0.2, 0.25) is 0 Å². The van der Waals surface area contributed by atoms with Crippen LogP contribution in [-0.2, 0) is 5.41 Å². The van der Waals surface area contributed by atoms with Crippen molar-refractivity contribution < 1.29 is 9.13 Å². The zero-order chi connectivity index (χ0) is 13.2. The van der Waals surface area contributed by atoms with Crippen LogP contribution in [0.3, 0.4) is 0 Å². The molecule has 0 spiro atoms. The van der Waals surface area contributed by atoms with Crippen molar-refractivity contribution in [1.29, 1.82) is 0 Å².